The zero-order valence-electron chi connectivity index (χ0n) is 10.0. The number of methoxy groups -OCH3 is 1. The van der Waals surface area contributed by atoms with Gasteiger partial charge >= 0.3 is 0 Å². The Morgan fingerprint density at radius 3 is 3.12 bits per heavy atom. The van der Waals surface area contributed by atoms with Crippen LogP contribution in [0.3, 0.4) is 0 Å². The molecule has 0 fully saturated rings. The van der Waals surface area contributed by atoms with Crippen LogP contribution in [0.4, 0.5) is 0 Å². The summed E-state index contributed by atoms with van der Waals surface area (Å²) in [6, 6.07) is 0.115. The fourth-order valence-corrected chi connectivity index (χ4v) is 2.44. The molecule has 0 aliphatic carbocycles. The summed E-state index contributed by atoms with van der Waals surface area (Å²) in [6.07, 6.45) is 2.87. The number of nitrogens with one attached hydrogen (secondary N) is 1. The molecule has 0 spiro atoms. The number of rotatable bonds is 6. The smallest absolute Gasteiger partial charge is 0.237 e. The summed E-state index contributed by atoms with van der Waals surface area (Å²) in [7, 11) is 1.62. The van der Waals surface area contributed by atoms with Crippen molar-refractivity contribution in [3.8, 4) is 5.88 Å². The Morgan fingerprint density at radius 1 is 1.65 bits per heavy atom. The van der Waals surface area contributed by atoms with Crippen molar-refractivity contribution in [3.63, 3.8) is 0 Å². The maximum atomic E-state index is 9.14. The SMILES string of the molecule is CC[C@@H](CO)NCc1c(OC)nc2sccn12. The lowest BCUT2D eigenvalue weighted by molar-refractivity contribution is 0.237. The van der Waals surface area contributed by atoms with Crippen LogP contribution < -0.4 is 10.1 Å². The van der Waals surface area contributed by atoms with Crippen LogP contribution in [0.5, 0.6) is 5.88 Å². The van der Waals surface area contributed by atoms with E-state index in [0.717, 1.165) is 17.1 Å². The van der Waals surface area contributed by atoms with Crippen LogP contribution in [0.2, 0.25) is 0 Å². The van der Waals surface area contributed by atoms with Gasteiger partial charge in [-0.3, -0.25) is 4.40 Å². The molecule has 17 heavy (non-hydrogen) atoms. The number of imidazole rings is 1. The first-order chi connectivity index (χ1) is 8.30. The number of nitrogens with zero attached hydrogens (tertiary/aromatic N) is 2. The molecule has 2 heterocycles. The minimum absolute atomic E-state index is 0.115. The van der Waals surface area contributed by atoms with Crippen LogP contribution in [-0.2, 0) is 6.54 Å². The lowest BCUT2D eigenvalue weighted by atomic mass is 10.2. The van der Waals surface area contributed by atoms with Crippen LogP contribution >= 0.6 is 11.3 Å². The Hall–Kier alpha value is -1.11. The van der Waals surface area contributed by atoms with Crippen molar-refractivity contribution < 1.29 is 9.84 Å². The van der Waals surface area contributed by atoms with Gasteiger partial charge in [-0.15, -0.1) is 11.3 Å². The van der Waals surface area contributed by atoms with Gasteiger partial charge in [0.2, 0.25) is 5.88 Å². The maximum absolute atomic E-state index is 9.14. The molecule has 0 bridgehead atoms. The second kappa shape index (κ2) is 5.48. The van der Waals surface area contributed by atoms with Gasteiger partial charge in [0.15, 0.2) is 4.96 Å². The van der Waals surface area contributed by atoms with Crippen LogP contribution in [0.1, 0.15) is 19.0 Å². The van der Waals surface area contributed by atoms with Gasteiger partial charge in [0, 0.05) is 24.2 Å². The topological polar surface area (TPSA) is 58.8 Å². The first-order valence-electron chi connectivity index (χ1n) is 5.62. The zero-order chi connectivity index (χ0) is 12.3. The highest BCUT2D eigenvalue weighted by Gasteiger charge is 2.14. The third-order valence-electron chi connectivity index (χ3n) is 2.79. The summed E-state index contributed by atoms with van der Waals surface area (Å²) in [5, 5.41) is 14.4. The highest BCUT2D eigenvalue weighted by atomic mass is 32.1. The van der Waals surface area contributed by atoms with Gasteiger partial charge in [-0.2, -0.15) is 4.98 Å². The number of fused-ring (bicyclic) bond motifs is 1. The molecule has 2 aromatic rings. The number of ether oxygens (including phenoxy) is 1. The Kier molecular flexibility index (Phi) is 3.98. The molecule has 0 saturated heterocycles. The van der Waals surface area contributed by atoms with Crippen molar-refractivity contribution in [1.29, 1.82) is 0 Å². The third-order valence-corrected chi connectivity index (χ3v) is 3.55. The summed E-state index contributed by atoms with van der Waals surface area (Å²) in [4.78, 5) is 5.30. The first-order valence-corrected chi connectivity index (χ1v) is 6.50. The minimum atomic E-state index is 0.115. The standard InChI is InChI=1S/C11H17N3O2S/c1-3-8(7-15)12-6-9-10(16-2)13-11-14(9)4-5-17-11/h4-5,8,12,15H,3,6-7H2,1-2H3/t8-/m0/s1. The van der Waals surface area contributed by atoms with Crippen molar-refractivity contribution in [2.24, 2.45) is 0 Å². The molecule has 2 N–H and O–H groups in total. The molecule has 1 atom stereocenters. The number of aromatic nitrogens is 2. The summed E-state index contributed by atoms with van der Waals surface area (Å²) in [5.41, 5.74) is 0.996. The fraction of sp³-hybridized carbons (Fsp3) is 0.545. The lowest BCUT2D eigenvalue weighted by Crippen LogP contribution is -2.31. The van der Waals surface area contributed by atoms with Gasteiger partial charge < -0.3 is 15.2 Å². The molecule has 0 aromatic carbocycles. The molecule has 0 radical (unpaired) electrons. The second-order valence-corrected chi connectivity index (χ2v) is 4.67. The average molecular weight is 255 g/mol. The number of thiazole rings is 1. The summed E-state index contributed by atoms with van der Waals surface area (Å²) in [6.45, 7) is 2.83. The zero-order valence-corrected chi connectivity index (χ0v) is 10.8. The number of hydrogen-bond donors (Lipinski definition) is 2. The lowest BCUT2D eigenvalue weighted by Gasteiger charge is -2.13. The Morgan fingerprint density at radius 2 is 2.47 bits per heavy atom. The van der Waals surface area contributed by atoms with Crippen molar-refractivity contribution in [2.45, 2.75) is 25.9 Å². The highest BCUT2D eigenvalue weighted by molar-refractivity contribution is 7.15. The predicted octanol–water partition coefficient (Wildman–Crippen LogP) is 1.26. The molecule has 5 nitrogen and oxygen atoms in total. The van der Waals surface area contributed by atoms with Crippen LogP contribution in [-0.4, -0.2) is 34.2 Å². The average Bonchev–Trinajstić information content (AvgIpc) is 2.91. The molecule has 6 heteroatoms. The summed E-state index contributed by atoms with van der Waals surface area (Å²) < 4.78 is 7.27. The van der Waals surface area contributed by atoms with Crippen LogP contribution in [0.25, 0.3) is 4.96 Å². The maximum Gasteiger partial charge on any atom is 0.237 e. The Balaban J connectivity index is 2.18. The van der Waals surface area contributed by atoms with Gasteiger partial charge in [-0.1, -0.05) is 6.92 Å². The monoisotopic (exact) mass is 255 g/mol. The number of hydrogen-bond acceptors (Lipinski definition) is 5. The molecule has 0 aliphatic rings. The number of aliphatic hydroxyl groups excluding tert-OH is 1. The quantitative estimate of drug-likeness (QED) is 0.816. The van der Waals surface area contributed by atoms with E-state index in [1.165, 1.54) is 0 Å². The molecule has 94 valence electrons. The Labute approximate surface area is 104 Å². The van der Waals surface area contributed by atoms with E-state index in [4.69, 9.17) is 9.84 Å². The molecule has 2 aromatic heterocycles. The Bertz CT molecular complexity index is 476. The molecule has 0 unspecified atom stereocenters. The second-order valence-electron chi connectivity index (χ2n) is 3.79. The van der Waals surface area contributed by atoms with E-state index in [1.807, 2.05) is 22.9 Å². The molecule has 2 rings (SSSR count). The molecular formula is C11H17N3O2S. The normalized spacial score (nSPS) is 13.1. The van der Waals surface area contributed by atoms with Gasteiger partial charge in [0.05, 0.1) is 13.7 Å². The van der Waals surface area contributed by atoms with Crippen molar-refractivity contribution in [2.75, 3.05) is 13.7 Å². The van der Waals surface area contributed by atoms with E-state index < -0.39 is 0 Å². The first kappa shape index (κ1) is 12.3. The molecular weight excluding hydrogens is 238 g/mol. The van der Waals surface area contributed by atoms with Gasteiger partial charge in [-0.05, 0) is 6.42 Å². The fourth-order valence-electron chi connectivity index (χ4n) is 1.72. The van der Waals surface area contributed by atoms with Crippen LogP contribution in [0, 0.1) is 0 Å². The highest BCUT2D eigenvalue weighted by Crippen LogP contribution is 2.22. The summed E-state index contributed by atoms with van der Waals surface area (Å²) in [5.74, 6) is 0.650. The minimum Gasteiger partial charge on any atom is -0.480 e. The van der Waals surface area contributed by atoms with Crippen LogP contribution in [0.15, 0.2) is 11.6 Å². The predicted molar refractivity (Wildman–Crippen MR) is 67.6 cm³/mol. The van der Waals surface area contributed by atoms with Crippen molar-refractivity contribution in [1.82, 2.24) is 14.7 Å². The van der Waals surface area contributed by atoms with E-state index in [2.05, 4.69) is 10.3 Å². The molecule has 0 aliphatic heterocycles. The van der Waals surface area contributed by atoms with Gasteiger partial charge in [0.25, 0.3) is 0 Å². The van der Waals surface area contributed by atoms with Crippen molar-refractivity contribution in [3.05, 3.63) is 17.3 Å². The molecule has 0 amide bonds. The number of aliphatic hydroxyl groups is 1. The molecule has 0 saturated carbocycles. The van der Waals surface area contributed by atoms with E-state index in [9.17, 15) is 0 Å². The van der Waals surface area contributed by atoms with E-state index in [1.54, 1.807) is 18.4 Å². The van der Waals surface area contributed by atoms with Gasteiger partial charge in [-0.25, -0.2) is 0 Å². The summed E-state index contributed by atoms with van der Waals surface area (Å²) >= 11 is 1.58. The third kappa shape index (κ3) is 2.43. The van der Waals surface area contributed by atoms with E-state index in [0.29, 0.717) is 12.4 Å². The largest absolute Gasteiger partial charge is 0.480 e. The van der Waals surface area contributed by atoms with Crippen molar-refractivity contribution >= 4 is 16.3 Å². The van der Waals surface area contributed by atoms with E-state index >= 15 is 0 Å². The van der Waals surface area contributed by atoms with Gasteiger partial charge in [0.1, 0.15) is 5.69 Å². The van der Waals surface area contributed by atoms with E-state index in [-0.39, 0.29) is 12.6 Å².